The molecular formula is C8H9N3S. The van der Waals surface area contributed by atoms with Crippen molar-refractivity contribution in [2.45, 2.75) is 4.90 Å². The third-order valence-corrected chi connectivity index (χ3v) is 1.96. The van der Waals surface area contributed by atoms with E-state index in [0.29, 0.717) is 5.69 Å². The van der Waals surface area contributed by atoms with Crippen molar-refractivity contribution in [3.05, 3.63) is 24.0 Å². The van der Waals surface area contributed by atoms with Crippen LogP contribution >= 0.6 is 11.9 Å². The van der Waals surface area contributed by atoms with Crippen molar-refractivity contribution >= 4 is 11.9 Å². The molecule has 0 unspecified atom stereocenters. The number of aromatic nitrogens is 1. The topological polar surface area (TPSA) is 39.9 Å². The van der Waals surface area contributed by atoms with E-state index in [-0.39, 0.29) is 0 Å². The summed E-state index contributed by atoms with van der Waals surface area (Å²) in [6, 6.07) is 5.57. The Balaban J connectivity index is 2.73. The fourth-order valence-corrected chi connectivity index (χ4v) is 1.36. The van der Waals surface area contributed by atoms with Gasteiger partial charge in [0.05, 0.1) is 0 Å². The van der Waals surface area contributed by atoms with Crippen LogP contribution in [0.25, 0.3) is 0 Å². The van der Waals surface area contributed by atoms with Crippen molar-refractivity contribution in [2.24, 2.45) is 0 Å². The standard InChI is InChI=1S/C8H9N3S/c1-11(2)12-8-4-3-7(5-9)10-6-8/h3-4,6H,1-2H3. The lowest BCUT2D eigenvalue weighted by atomic mass is 10.4. The van der Waals surface area contributed by atoms with Crippen LogP contribution in [-0.2, 0) is 0 Å². The van der Waals surface area contributed by atoms with E-state index in [2.05, 4.69) is 4.98 Å². The molecule has 0 fully saturated rings. The zero-order chi connectivity index (χ0) is 8.97. The molecule has 0 spiro atoms. The molecule has 0 saturated carbocycles. The summed E-state index contributed by atoms with van der Waals surface area (Å²) in [7, 11) is 3.92. The quantitative estimate of drug-likeness (QED) is 0.645. The molecule has 0 atom stereocenters. The Bertz CT molecular complexity index is 286. The molecule has 1 aromatic rings. The van der Waals surface area contributed by atoms with Gasteiger partial charge >= 0.3 is 0 Å². The fraction of sp³-hybridized carbons (Fsp3) is 0.250. The van der Waals surface area contributed by atoms with E-state index >= 15 is 0 Å². The van der Waals surface area contributed by atoms with Gasteiger partial charge in [-0.2, -0.15) is 5.26 Å². The highest BCUT2D eigenvalue weighted by Crippen LogP contribution is 2.17. The van der Waals surface area contributed by atoms with E-state index in [1.165, 1.54) is 0 Å². The zero-order valence-electron chi connectivity index (χ0n) is 6.98. The van der Waals surface area contributed by atoms with Crippen molar-refractivity contribution in [2.75, 3.05) is 14.1 Å². The molecule has 3 nitrogen and oxygen atoms in total. The van der Waals surface area contributed by atoms with Gasteiger partial charge in [0.2, 0.25) is 0 Å². The second-order valence-electron chi connectivity index (χ2n) is 2.39. The van der Waals surface area contributed by atoms with Crippen LogP contribution in [0.15, 0.2) is 23.2 Å². The average molecular weight is 179 g/mol. The molecule has 1 aromatic heterocycles. The lowest BCUT2D eigenvalue weighted by Gasteiger charge is -2.06. The molecule has 0 radical (unpaired) electrons. The van der Waals surface area contributed by atoms with Gasteiger partial charge in [-0.15, -0.1) is 0 Å². The second kappa shape index (κ2) is 4.10. The summed E-state index contributed by atoms with van der Waals surface area (Å²) in [5.41, 5.74) is 0.457. The van der Waals surface area contributed by atoms with E-state index in [9.17, 15) is 0 Å². The molecule has 1 heterocycles. The molecule has 0 aliphatic carbocycles. The molecule has 62 valence electrons. The minimum Gasteiger partial charge on any atom is -0.253 e. The molecule has 12 heavy (non-hydrogen) atoms. The molecule has 0 aliphatic rings. The predicted octanol–water partition coefficient (Wildman–Crippen LogP) is 1.52. The summed E-state index contributed by atoms with van der Waals surface area (Å²) in [6.45, 7) is 0. The molecule has 0 saturated heterocycles. The highest BCUT2D eigenvalue weighted by Gasteiger charge is 1.96. The van der Waals surface area contributed by atoms with Crippen LogP contribution in [0.1, 0.15) is 5.69 Å². The molecule has 0 aliphatic heterocycles. The summed E-state index contributed by atoms with van der Waals surface area (Å²) in [6.07, 6.45) is 1.70. The zero-order valence-corrected chi connectivity index (χ0v) is 7.80. The molecule has 0 bridgehead atoms. The van der Waals surface area contributed by atoms with E-state index in [1.54, 1.807) is 24.2 Å². The molecule has 0 N–H and O–H groups in total. The number of nitriles is 1. The van der Waals surface area contributed by atoms with Gasteiger partial charge in [0.15, 0.2) is 0 Å². The second-order valence-corrected chi connectivity index (χ2v) is 3.78. The summed E-state index contributed by atoms with van der Waals surface area (Å²) in [4.78, 5) is 4.98. The Kier molecular flexibility index (Phi) is 3.09. The van der Waals surface area contributed by atoms with Crippen LogP contribution in [-0.4, -0.2) is 23.4 Å². The molecule has 0 aromatic carbocycles. The minimum atomic E-state index is 0.457. The van der Waals surface area contributed by atoms with Crippen LogP contribution in [0, 0.1) is 11.3 Å². The van der Waals surface area contributed by atoms with Crippen molar-refractivity contribution in [3.63, 3.8) is 0 Å². The maximum Gasteiger partial charge on any atom is 0.140 e. The van der Waals surface area contributed by atoms with Gasteiger partial charge in [-0.1, -0.05) is 0 Å². The monoisotopic (exact) mass is 179 g/mol. The number of nitrogens with zero attached hydrogens (tertiary/aromatic N) is 3. The van der Waals surface area contributed by atoms with Crippen LogP contribution in [0.4, 0.5) is 0 Å². The van der Waals surface area contributed by atoms with Crippen LogP contribution in [0.3, 0.4) is 0 Å². The van der Waals surface area contributed by atoms with E-state index < -0.39 is 0 Å². The van der Waals surface area contributed by atoms with Gasteiger partial charge < -0.3 is 0 Å². The third kappa shape index (κ3) is 2.53. The van der Waals surface area contributed by atoms with Gasteiger partial charge in [-0.05, 0) is 38.2 Å². The highest BCUT2D eigenvalue weighted by atomic mass is 32.2. The SMILES string of the molecule is CN(C)Sc1ccc(C#N)nc1. The summed E-state index contributed by atoms with van der Waals surface area (Å²) < 4.78 is 1.98. The Labute approximate surface area is 76.2 Å². The first kappa shape index (κ1) is 9.04. The lowest BCUT2D eigenvalue weighted by molar-refractivity contribution is 0.702. The smallest absolute Gasteiger partial charge is 0.140 e. The minimum absolute atomic E-state index is 0.457. The van der Waals surface area contributed by atoms with Crippen molar-refractivity contribution in [1.29, 1.82) is 5.26 Å². The average Bonchev–Trinajstić information content (AvgIpc) is 2.05. The number of hydrogen-bond donors (Lipinski definition) is 0. The number of pyridine rings is 1. The Hall–Kier alpha value is -1.05. The largest absolute Gasteiger partial charge is 0.253 e. The third-order valence-electron chi connectivity index (χ3n) is 1.14. The van der Waals surface area contributed by atoms with E-state index in [4.69, 9.17) is 5.26 Å². The molecular weight excluding hydrogens is 170 g/mol. The highest BCUT2D eigenvalue weighted by molar-refractivity contribution is 7.97. The first-order chi connectivity index (χ1) is 5.72. The van der Waals surface area contributed by atoms with Gasteiger partial charge in [0.1, 0.15) is 11.8 Å². The molecule has 0 amide bonds. The molecule has 1 rings (SSSR count). The van der Waals surface area contributed by atoms with Crippen LogP contribution in [0.5, 0.6) is 0 Å². The number of rotatable bonds is 2. The van der Waals surface area contributed by atoms with Gasteiger partial charge in [-0.3, -0.25) is 4.31 Å². The van der Waals surface area contributed by atoms with E-state index in [0.717, 1.165) is 4.90 Å². The summed E-state index contributed by atoms with van der Waals surface area (Å²) in [5.74, 6) is 0. The molecule has 4 heteroatoms. The van der Waals surface area contributed by atoms with Gasteiger partial charge in [0.25, 0.3) is 0 Å². The van der Waals surface area contributed by atoms with Gasteiger partial charge in [0, 0.05) is 11.1 Å². The first-order valence-corrected chi connectivity index (χ1v) is 4.21. The maximum absolute atomic E-state index is 8.48. The Morgan fingerprint density at radius 3 is 2.67 bits per heavy atom. The normalized spacial score (nSPS) is 9.83. The first-order valence-electron chi connectivity index (χ1n) is 3.44. The summed E-state index contributed by atoms with van der Waals surface area (Å²) in [5, 5.41) is 8.48. The van der Waals surface area contributed by atoms with Crippen molar-refractivity contribution < 1.29 is 0 Å². The van der Waals surface area contributed by atoms with Crippen molar-refractivity contribution in [3.8, 4) is 6.07 Å². The predicted molar refractivity (Wildman–Crippen MR) is 48.5 cm³/mol. The summed E-state index contributed by atoms with van der Waals surface area (Å²) >= 11 is 1.58. The fourth-order valence-electron chi connectivity index (χ4n) is 0.711. The maximum atomic E-state index is 8.48. The number of hydrogen-bond acceptors (Lipinski definition) is 4. The van der Waals surface area contributed by atoms with Crippen LogP contribution in [0.2, 0.25) is 0 Å². The van der Waals surface area contributed by atoms with Crippen LogP contribution < -0.4 is 0 Å². The van der Waals surface area contributed by atoms with Gasteiger partial charge in [-0.25, -0.2) is 4.98 Å². The Morgan fingerprint density at radius 2 is 2.25 bits per heavy atom. The van der Waals surface area contributed by atoms with Crippen molar-refractivity contribution in [1.82, 2.24) is 9.29 Å². The van der Waals surface area contributed by atoms with E-state index in [1.807, 2.05) is 30.5 Å². The Morgan fingerprint density at radius 1 is 1.50 bits per heavy atom. The lowest BCUT2D eigenvalue weighted by Crippen LogP contribution is -1.98.